The van der Waals surface area contributed by atoms with Gasteiger partial charge in [0, 0.05) is 18.3 Å². The zero-order chi connectivity index (χ0) is 15.1. The number of hydrogen-bond acceptors (Lipinski definition) is 3. The maximum atomic E-state index is 4.59. The predicted molar refractivity (Wildman–Crippen MR) is 89.3 cm³/mol. The van der Waals surface area contributed by atoms with Crippen LogP contribution in [0.3, 0.4) is 0 Å². The molecule has 118 valence electrons. The van der Waals surface area contributed by atoms with Crippen molar-refractivity contribution in [1.29, 1.82) is 0 Å². The van der Waals surface area contributed by atoms with Gasteiger partial charge in [-0.15, -0.1) is 0 Å². The summed E-state index contributed by atoms with van der Waals surface area (Å²) in [7, 11) is 2.22. The maximum Gasteiger partial charge on any atom is 0.0547 e. The van der Waals surface area contributed by atoms with Crippen LogP contribution in [0.25, 0.3) is 0 Å². The Kier molecular flexibility index (Phi) is 6.65. The molecule has 1 aromatic rings. The van der Waals surface area contributed by atoms with Crippen LogP contribution in [0.5, 0.6) is 0 Å². The highest BCUT2D eigenvalue weighted by Gasteiger charge is 2.26. The molecule has 1 heterocycles. The fourth-order valence-corrected chi connectivity index (χ4v) is 3.41. The average Bonchev–Trinajstić information content (AvgIpc) is 2.90. The van der Waals surface area contributed by atoms with E-state index < -0.39 is 0 Å². The van der Waals surface area contributed by atoms with Crippen molar-refractivity contribution in [3.8, 4) is 0 Å². The first-order chi connectivity index (χ1) is 10.2. The van der Waals surface area contributed by atoms with Gasteiger partial charge in [-0.2, -0.15) is 0 Å². The van der Waals surface area contributed by atoms with Crippen LogP contribution < -0.4 is 5.32 Å². The van der Waals surface area contributed by atoms with Gasteiger partial charge in [-0.25, -0.2) is 0 Å². The zero-order valence-electron chi connectivity index (χ0n) is 13.9. The average molecular weight is 289 g/mol. The minimum Gasteiger partial charge on any atom is -0.314 e. The van der Waals surface area contributed by atoms with Crippen LogP contribution in [0.2, 0.25) is 0 Å². The van der Waals surface area contributed by atoms with Gasteiger partial charge >= 0.3 is 0 Å². The molecular weight excluding hydrogens is 258 g/mol. The van der Waals surface area contributed by atoms with Gasteiger partial charge in [0.2, 0.25) is 0 Å². The first-order valence-corrected chi connectivity index (χ1v) is 8.53. The molecule has 1 saturated carbocycles. The summed E-state index contributed by atoms with van der Waals surface area (Å²) >= 11 is 0. The summed E-state index contributed by atoms with van der Waals surface area (Å²) in [4.78, 5) is 7.01. The summed E-state index contributed by atoms with van der Waals surface area (Å²) in [5.41, 5.74) is 2.30. The number of nitrogens with one attached hydrogen (secondary N) is 1. The van der Waals surface area contributed by atoms with E-state index in [0.29, 0.717) is 0 Å². The van der Waals surface area contributed by atoms with Crippen molar-refractivity contribution in [3.63, 3.8) is 0 Å². The van der Waals surface area contributed by atoms with Crippen molar-refractivity contribution >= 4 is 0 Å². The normalized spacial score (nSPS) is 22.1. The summed E-state index contributed by atoms with van der Waals surface area (Å²) in [6, 6.07) is 7.06. The Balaban J connectivity index is 1.74. The standard InChI is InChI=1S/C18H31N3/c1-4-12-19-18-10-6-8-16(18)11-13-21(3)14-17-9-5-7-15(2)20-17/h5,7,9,16,18-19H,4,6,8,10-14H2,1-3H3. The molecular formula is C18H31N3. The Labute approximate surface area is 130 Å². The van der Waals surface area contributed by atoms with Crippen LogP contribution in [0, 0.1) is 12.8 Å². The molecule has 3 nitrogen and oxygen atoms in total. The molecule has 1 N–H and O–H groups in total. The molecule has 1 aliphatic carbocycles. The molecule has 0 spiro atoms. The molecule has 0 saturated heterocycles. The van der Waals surface area contributed by atoms with E-state index in [0.717, 1.165) is 24.2 Å². The van der Waals surface area contributed by atoms with Crippen LogP contribution >= 0.6 is 0 Å². The number of hydrogen-bond donors (Lipinski definition) is 1. The smallest absolute Gasteiger partial charge is 0.0547 e. The Morgan fingerprint density at radius 2 is 2.19 bits per heavy atom. The lowest BCUT2D eigenvalue weighted by molar-refractivity contribution is 0.272. The molecule has 1 fully saturated rings. The summed E-state index contributed by atoms with van der Waals surface area (Å²) in [5, 5.41) is 3.73. The molecule has 2 rings (SSSR count). The van der Waals surface area contributed by atoms with Crippen LogP contribution in [0.4, 0.5) is 0 Å². The van der Waals surface area contributed by atoms with Crippen molar-refractivity contribution < 1.29 is 0 Å². The first-order valence-electron chi connectivity index (χ1n) is 8.53. The fraction of sp³-hybridized carbons (Fsp3) is 0.722. The van der Waals surface area contributed by atoms with E-state index in [9.17, 15) is 0 Å². The maximum absolute atomic E-state index is 4.59. The van der Waals surface area contributed by atoms with E-state index in [4.69, 9.17) is 0 Å². The molecule has 0 radical (unpaired) electrons. The van der Waals surface area contributed by atoms with Crippen molar-refractivity contribution in [1.82, 2.24) is 15.2 Å². The van der Waals surface area contributed by atoms with Gasteiger partial charge in [0.15, 0.2) is 0 Å². The number of aromatic nitrogens is 1. The summed E-state index contributed by atoms with van der Waals surface area (Å²) in [5.74, 6) is 0.865. The first kappa shape index (κ1) is 16.4. The van der Waals surface area contributed by atoms with Gasteiger partial charge in [-0.05, 0) is 70.8 Å². The van der Waals surface area contributed by atoms with E-state index >= 15 is 0 Å². The molecule has 0 aromatic carbocycles. The van der Waals surface area contributed by atoms with E-state index in [1.165, 1.54) is 50.9 Å². The topological polar surface area (TPSA) is 28.2 Å². The van der Waals surface area contributed by atoms with E-state index in [1.807, 2.05) is 0 Å². The summed E-state index contributed by atoms with van der Waals surface area (Å²) < 4.78 is 0. The number of rotatable bonds is 8. The molecule has 0 amide bonds. The van der Waals surface area contributed by atoms with Crippen molar-refractivity contribution in [3.05, 3.63) is 29.6 Å². The zero-order valence-corrected chi connectivity index (χ0v) is 13.9. The molecule has 3 heteroatoms. The minimum absolute atomic E-state index is 0.760. The lowest BCUT2D eigenvalue weighted by Gasteiger charge is -2.24. The van der Waals surface area contributed by atoms with Crippen LogP contribution in [-0.4, -0.2) is 36.1 Å². The molecule has 0 aliphatic heterocycles. The van der Waals surface area contributed by atoms with Gasteiger partial charge in [-0.3, -0.25) is 4.98 Å². The SMILES string of the molecule is CCCNC1CCCC1CCN(C)Cc1cccc(C)n1. The van der Waals surface area contributed by atoms with E-state index in [1.54, 1.807) is 0 Å². The van der Waals surface area contributed by atoms with E-state index in [-0.39, 0.29) is 0 Å². The van der Waals surface area contributed by atoms with Gasteiger partial charge in [0.25, 0.3) is 0 Å². The van der Waals surface area contributed by atoms with Gasteiger partial charge < -0.3 is 10.2 Å². The van der Waals surface area contributed by atoms with Crippen LogP contribution in [0.1, 0.15) is 50.4 Å². The Bertz CT molecular complexity index is 419. The highest BCUT2D eigenvalue weighted by atomic mass is 15.1. The lowest BCUT2D eigenvalue weighted by Crippen LogP contribution is -2.34. The quantitative estimate of drug-likeness (QED) is 0.795. The third-order valence-electron chi connectivity index (χ3n) is 4.58. The second-order valence-corrected chi connectivity index (χ2v) is 6.55. The molecule has 0 bridgehead atoms. The second-order valence-electron chi connectivity index (χ2n) is 6.55. The summed E-state index contributed by atoms with van der Waals surface area (Å²) in [6.45, 7) is 7.61. The van der Waals surface area contributed by atoms with Crippen molar-refractivity contribution in [2.24, 2.45) is 5.92 Å². The lowest BCUT2D eigenvalue weighted by atomic mass is 9.99. The highest BCUT2D eigenvalue weighted by molar-refractivity contribution is 5.09. The molecule has 1 aromatic heterocycles. The molecule has 2 unspecified atom stereocenters. The predicted octanol–water partition coefficient (Wildman–Crippen LogP) is 3.38. The largest absolute Gasteiger partial charge is 0.314 e. The molecule has 2 atom stereocenters. The second kappa shape index (κ2) is 8.50. The number of aryl methyl sites for hydroxylation is 1. The highest BCUT2D eigenvalue weighted by Crippen LogP contribution is 2.28. The number of pyridine rings is 1. The van der Waals surface area contributed by atoms with Crippen molar-refractivity contribution in [2.75, 3.05) is 20.1 Å². The summed E-state index contributed by atoms with van der Waals surface area (Å²) in [6.07, 6.45) is 6.72. The third kappa shape index (κ3) is 5.40. The fourth-order valence-electron chi connectivity index (χ4n) is 3.41. The Hall–Kier alpha value is -0.930. The monoisotopic (exact) mass is 289 g/mol. The van der Waals surface area contributed by atoms with Crippen molar-refractivity contribution in [2.45, 2.75) is 58.5 Å². The van der Waals surface area contributed by atoms with Gasteiger partial charge in [-0.1, -0.05) is 19.4 Å². The van der Waals surface area contributed by atoms with Gasteiger partial charge in [0.1, 0.15) is 0 Å². The minimum atomic E-state index is 0.760. The Morgan fingerprint density at radius 1 is 1.33 bits per heavy atom. The number of nitrogens with zero attached hydrogens (tertiary/aromatic N) is 2. The third-order valence-corrected chi connectivity index (χ3v) is 4.58. The Morgan fingerprint density at radius 3 is 2.95 bits per heavy atom. The van der Waals surface area contributed by atoms with Crippen LogP contribution in [0.15, 0.2) is 18.2 Å². The van der Waals surface area contributed by atoms with Gasteiger partial charge in [0.05, 0.1) is 5.69 Å². The van der Waals surface area contributed by atoms with E-state index in [2.05, 4.69) is 54.3 Å². The van der Waals surface area contributed by atoms with Crippen LogP contribution in [-0.2, 0) is 6.54 Å². The molecule has 21 heavy (non-hydrogen) atoms. The molecule has 1 aliphatic rings.